The average molecular weight is 305 g/mol. The molecule has 112 valence electrons. The minimum Gasteiger partial charge on any atom is -0.342 e. The molecular formula is C15H19N3O2S. The van der Waals surface area contributed by atoms with Crippen LogP contribution in [-0.2, 0) is 11.2 Å². The van der Waals surface area contributed by atoms with Gasteiger partial charge in [-0.2, -0.15) is 4.98 Å². The molecular weight excluding hydrogens is 286 g/mol. The predicted molar refractivity (Wildman–Crippen MR) is 80.3 cm³/mol. The Kier molecular flexibility index (Phi) is 4.34. The van der Waals surface area contributed by atoms with Crippen molar-refractivity contribution >= 4 is 17.2 Å². The Morgan fingerprint density at radius 2 is 2.48 bits per heavy atom. The van der Waals surface area contributed by atoms with Crippen molar-refractivity contribution in [3.8, 4) is 0 Å². The van der Waals surface area contributed by atoms with Crippen molar-refractivity contribution in [1.29, 1.82) is 0 Å². The van der Waals surface area contributed by atoms with Gasteiger partial charge in [0.05, 0.1) is 5.92 Å². The third kappa shape index (κ3) is 3.32. The van der Waals surface area contributed by atoms with Gasteiger partial charge in [-0.3, -0.25) is 4.79 Å². The summed E-state index contributed by atoms with van der Waals surface area (Å²) in [6.07, 6.45) is 3.15. The van der Waals surface area contributed by atoms with Gasteiger partial charge in [0.15, 0.2) is 5.82 Å². The van der Waals surface area contributed by atoms with Gasteiger partial charge < -0.3 is 9.42 Å². The van der Waals surface area contributed by atoms with Gasteiger partial charge >= 0.3 is 0 Å². The summed E-state index contributed by atoms with van der Waals surface area (Å²) >= 11 is 1.69. The molecule has 0 aliphatic carbocycles. The molecule has 21 heavy (non-hydrogen) atoms. The minimum atomic E-state index is 0.190. The van der Waals surface area contributed by atoms with E-state index >= 15 is 0 Å². The van der Waals surface area contributed by atoms with Crippen molar-refractivity contribution in [3.05, 3.63) is 34.1 Å². The highest BCUT2D eigenvalue weighted by atomic mass is 32.1. The van der Waals surface area contributed by atoms with Gasteiger partial charge in [0.25, 0.3) is 0 Å². The van der Waals surface area contributed by atoms with Crippen molar-refractivity contribution in [2.75, 3.05) is 13.1 Å². The second kappa shape index (κ2) is 6.39. The number of carbonyl (C=O) groups is 1. The number of hydrogen-bond donors (Lipinski definition) is 0. The summed E-state index contributed by atoms with van der Waals surface area (Å²) < 4.78 is 5.39. The molecule has 0 spiro atoms. The maximum Gasteiger partial charge on any atom is 0.231 e. The highest BCUT2D eigenvalue weighted by molar-refractivity contribution is 7.09. The topological polar surface area (TPSA) is 59.2 Å². The fourth-order valence-electron chi connectivity index (χ4n) is 2.63. The highest BCUT2D eigenvalue weighted by Gasteiger charge is 2.30. The van der Waals surface area contributed by atoms with E-state index in [1.54, 1.807) is 11.3 Å². The third-order valence-electron chi connectivity index (χ3n) is 3.75. The molecule has 2 aromatic rings. The van der Waals surface area contributed by atoms with Gasteiger partial charge in [-0.15, -0.1) is 11.3 Å². The Bertz CT molecular complexity index is 594. The fourth-order valence-corrected chi connectivity index (χ4v) is 3.34. The monoisotopic (exact) mass is 305 g/mol. The molecule has 6 heteroatoms. The van der Waals surface area contributed by atoms with Crippen LogP contribution in [0.5, 0.6) is 0 Å². The second-order valence-corrected chi connectivity index (χ2v) is 6.41. The Balaban J connectivity index is 1.61. The van der Waals surface area contributed by atoms with Crippen LogP contribution in [0.2, 0.25) is 0 Å². The van der Waals surface area contributed by atoms with Gasteiger partial charge in [-0.25, -0.2) is 0 Å². The Labute approximate surface area is 128 Å². The van der Waals surface area contributed by atoms with Crippen LogP contribution in [-0.4, -0.2) is 34.0 Å². The first kappa shape index (κ1) is 14.3. The summed E-state index contributed by atoms with van der Waals surface area (Å²) in [5.74, 6) is 1.83. The van der Waals surface area contributed by atoms with E-state index in [0.29, 0.717) is 25.3 Å². The van der Waals surface area contributed by atoms with Gasteiger partial charge in [-0.1, -0.05) is 18.1 Å². The molecule has 0 aromatic carbocycles. The van der Waals surface area contributed by atoms with Crippen LogP contribution in [0.1, 0.15) is 48.7 Å². The lowest BCUT2D eigenvalue weighted by Crippen LogP contribution is -2.27. The van der Waals surface area contributed by atoms with Gasteiger partial charge in [-0.05, 0) is 24.3 Å². The van der Waals surface area contributed by atoms with E-state index in [1.807, 2.05) is 23.3 Å². The van der Waals surface area contributed by atoms with E-state index in [0.717, 1.165) is 25.2 Å². The van der Waals surface area contributed by atoms with Crippen LogP contribution in [0.4, 0.5) is 0 Å². The van der Waals surface area contributed by atoms with E-state index in [4.69, 9.17) is 4.52 Å². The van der Waals surface area contributed by atoms with E-state index in [1.165, 1.54) is 4.88 Å². The summed E-state index contributed by atoms with van der Waals surface area (Å²) in [4.78, 5) is 19.5. The Morgan fingerprint density at radius 1 is 1.57 bits per heavy atom. The maximum atomic E-state index is 11.9. The Morgan fingerprint density at radius 3 is 3.24 bits per heavy atom. The molecule has 1 amide bonds. The lowest BCUT2D eigenvalue weighted by atomic mass is 10.1. The minimum absolute atomic E-state index is 0.190. The van der Waals surface area contributed by atoms with E-state index in [2.05, 4.69) is 16.2 Å². The van der Waals surface area contributed by atoms with E-state index in [9.17, 15) is 4.79 Å². The number of carbonyl (C=O) groups excluding carboxylic acids is 1. The fraction of sp³-hybridized carbons (Fsp3) is 0.533. The molecule has 3 rings (SSSR count). The highest BCUT2D eigenvalue weighted by Crippen LogP contribution is 2.27. The average Bonchev–Trinajstić information content (AvgIpc) is 3.20. The van der Waals surface area contributed by atoms with Crippen molar-refractivity contribution in [2.24, 2.45) is 0 Å². The van der Waals surface area contributed by atoms with Gasteiger partial charge in [0.2, 0.25) is 11.8 Å². The standard InChI is InChI=1S/C15H19N3O2S/c1-2-4-14(19)18-7-6-11(10-18)15-16-13(17-20-15)9-12-5-3-8-21-12/h3,5,8,11H,2,4,6-7,9-10H2,1H3. The number of rotatable bonds is 5. The molecule has 1 fully saturated rings. The van der Waals surface area contributed by atoms with E-state index in [-0.39, 0.29) is 11.8 Å². The van der Waals surface area contributed by atoms with Crippen LogP contribution < -0.4 is 0 Å². The van der Waals surface area contributed by atoms with Crippen molar-refractivity contribution in [2.45, 2.75) is 38.5 Å². The van der Waals surface area contributed by atoms with Crippen molar-refractivity contribution in [3.63, 3.8) is 0 Å². The summed E-state index contributed by atoms with van der Waals surface area (Å²) in [5.41, 5.74) is 0. The molecule has 0 saturated carbocycles. The molecule has 0 bridgehead atoms. The largest absolute Gasteiger partial charge is 0.342 e. The van der Waals surface area contributed by atoms with Crippen LogP contribution >= 0.6 is 11.3 Å². The summed E-state index contributed by atoms with van der Waals surface area (Å²) in [7, 11) is 0. The van der Waals surface area contributed by atoms with Crippen LogP contribution in [0.15, 0.2) is 22.0 Å². The first-order valence-electron chi connectivity index (χ1n) is 7.39. The molecule has 1 aliphatic heterocycles. The number of likely N-dealkylation sites (tertiary alicyclic amines) is 1. The first-order valence-corrected chi connectivity index (χ1v) is 8.27. The summed E-state index contributed by atoms with van der Waals surface area (Å²) in [6.45, 7) is 3.53. The molecule has 0 radical (unpaired) electrons. The summed E-state index contributed by atoms with van der Waals surface area (Å²) in [6, 6.07) is 4.09. The molecule has 0 N–H and O–H groups in total. The zero-order valence-electron chi connectivity index (χ0n) is 12.1. The molecule has 3 heterocycles. The lowest BCUT2D eigenvalue weighted by Gasteiger charge is -2.14. The SMILES string of the molecule is CCCC(=O)N1CCC(c2nc(Cc3cccs3)no2)C1. The number of nitrogens with zero attached hydrogens (tertiary/aromatic N) is 3. The van der Waals surface area contributed by atoms with Crippen LogP contribution in [0.3, 0.4) is 0 Å². The molecule has 1 saturated heterocycles. The number of hydrogen-bond acceptors (Lipinski definition) is 5. The van der Waals surface area contributed by atoms with Crippen LogP contribution in [0.25, 0.3) is 0 Å². The Hall–Kier alpha value is -1.69. The van der Waals surface area contributed by atoms with Crippen molar-refractivity contribution in [1.82, 2.24) is 15.0 Å². The quantitative estimate of drug-likeness (QED) is 0.852. The number of aromatic nitrogens is 2. The zero-order valence-corrected chi connectivity index (χ0v) is 12.9. The first-order chi connectivity index (χ1) is 10.3. The lowest BCUT2D eigenvalue weighted by molar-refractivity contribution is -0.130. The molecule has 2 aromatic heterocycles. The molecule has 1 atom stereocenters. The predicted octanol–water partition coefficient (Wildman–Crippen LogP) is 2.84. The number of amides is 1. The third-order valence-corrected chi connectivity index (χ3v) is 4.63. The number of thiophene rings is 1. The zero-order chi connectivity index (χ0) is 14.7. The molecule has 1 aliphatic rings. The molecule has 1 unspecified atom stereocenters. The molecule has 5 nitrogen and oxygen atoms in total. The summed E-state index contributed by atoms with van der Waals surface area (Å²) in [5, 5.41) is 6.11. The van der Waals surface area contributed by atoms with E-state index < -0.39 is 0 Å². The van der Waals surface area contributed by atoms with Gasteiger partial charge in [0, 0.05) is 30.8 Å². The van der Waals surface area contributed by atoms with Crippen molar-refractivity contribution < 1.29 is 9.32 Å². The second-order valence-electron chi connectivity index (χ2n) is 5.38. The van der Waals surface area contributed by atoms with Crippen LogP contribution in [0, 0.1) is 0 Å². The van der Waals surface area contributed by atoms with Gasteiger partial charge in [0.1, 0.15) is 0 Å². The normalized spacial score (nSPS) is 18.3. The smallest absolute Gasteiger partial charge is 0.231 e. The maximum absolute atomic E-state index is 11.9.